The number of nitrogens with two attached hydrogens (primary N) is 1. The number of nitrogens with one attached hydrogen (secondary N) is 2. The van der Waals surface area contributed by atoms with Gasteiger partial charge >= 0.3 is 0 Å². The van der Waals surface area contributed by atoms with Crippen LogP contribution >= 0.6 is 0 Å². The van der Waals surface area contributed by atoms with E-state index in [1.165, 1.54) is 38.5 Å². The van der Waals surface area contributed by atoms with Crippen LogP contribution in [0.4, 0.5) is 5.69 Å². The first-order valence-corrected chi connectivity index (χ1v) is 10.1. The number of carbonyl (C=O) groups excluding carboxylic acids is 2. The van der Waals surface area contributed by atoms with Gasteiger partial charge in [-0.05, 0) is 42.8 Å². The van der Waals surface area contributed by atoms with Crippen molar-refractivity contribution in [3.63, 3.8) is 0 Å². The number of aryl methyl sites for hydroxylation is 1. The fraction of sp³-hybridized carbons (Fsp3) is 0.263. The van der Waals surface area contributed by atoms with Crippen LogP contribution in [0.1, 0.15) is 22.3 Å². The molecule has 0 aliphatic rings. The molecule has 2 amide bonds. The molecule has 4 N–H and O–H groups in total. The molecule has 0 saturated heterocycles. The summed E-state index contributed by atoms with van der Waals surface area (Å²) in [6.07, 6.45) is -0.0802. The van der Waals surface area contributed by atoms with E-state index in [2.05, 4.69) is 10.0 Å². The molecule has 0 bridgehead atoms. The minimum atomic E-state index is -3.83. The average molecular weight is 421 g/mol. The fourth-order valence-corrected chi connectivity index (χ4v) is 3.65. The van der Waals surface area contributed by atoms with Crippen molar-refractivity contribution >= 4 is 27.5 Å². The number of primary amides is 1. The van der Waals surface area contributed by atoms with Crippen LogP contribution in [0.5, 0.6) is 11.5 Å². The third-order valence-electron chi connectivity index (χ3n) is 4.09. The number of ether oxygens (including phenoxy) is 2. The molecule has 0 aliphatic carbocycles. The molecule has 0 heterocycles. The van der Waals surface area contributed by atoms with Gasteiger partial charge in [-0.15, -0.1) is 0 Å². The lowest BCUT2D eigenvalue weighted by molar-refractivity contribution is -0.116. The van der Waals surface area contributed by atoms with Crippen LogP contribution < -0.4 is 25.2 Å². The van der Waals surface area contributed by atoms with Crippen LogP contribution in [0.15, 0.2) is 41.3 Å². The van der Waals surface area contributed by atoms with E-state index >= 15 is 0 Å². The molecule has 0 atom stereocenters. The molecule has 2 aromatic rings. The van der Waals surface area contributed by atoms with Crippen LogP contribution in [-0.4, -0.2) is 41.0 Å². The second-order valence-corrected chi connectivity index (χ2v) is 7.87. The highest BCUT2D eigenvalue weighted by Gasteiger charge is 2.17. The average Bonchev–Trinajstić information content (AvgIpc) is 2.66. The van der Waals surface area contributed by atoms with Crippen molar-refractivity contribution in [2.24, 2.45) is 5.73 Å². The van der Waals surface area contributed by atoms with E-state index in [1.807, 2.05) is 0 Å². The Balaban J connectivity index is 1.95. The summed E-state index contributed by atoms with van der Waals surface area (Å²) in [5.41, 5.74) is 6.73. The highest BCUT2D eigenvalue weighted by Crippen LogP contribution is 2.29. The molecule has 2 aromatic carbocycles. The zero-order valence-corrected chi connectivity index (χ0v) is 17.1. The summed E-state index contributed by atoms with van der Waals surface area (Å²) in [4.78, 5) is 23.3. The Labute approximate surface area is 169 Å². The molecule has 0 aliphatic heterocycles. The van der Waals surface area contributed by atoms with Crippen LogP contribution in [0.3, 0.4) is 0 Å². The van der Waals surface area contributed by atoms with Gasteiger partial charge in [0.1, 0.15) is 0 Å². The Hall–Kier alpha value is -3.11. The van der Waals surface area contributed by atoms with Crippen molar-refractivity contribution in [2.75, 3.05) is 26.1 Å². The van der Waals surface area contributed by atoms with Crippen molar-refractivity contribution in [2.45, 2.75) is 18.2 Å². The molecule has 0 saturated carbocycles. The predicted molar refractivity (Wildman–Crippen MR) is 108 cm³/mol. The van der Waals surface area contributed by atoms with E-state index in [4.69, 9.17) is 15.2 Å². The molecule has 0 unspecified atom stereocenters. The Kier molecular flexibility index (Phi) is 7.18. The monoisotopic (exact) mass is 421 g/mol. The standard InChI is InChI=1S/C19H23N3O6S/c1-12-10-13(4-6-15(12)19(20)24)22-18(23)8-9-21-29(25,26)14-5-7-16(27-2)17(11-14)28-3/h4-7,10-11,21H,8-9H2,1-3H3,(H2,20,24)(H,22,23). The van der Waals surface area contributed by atoms with Crippen molar-refractivity contribution in [3.8, 4) is 11.5 Å². The minimum Gasteiger partial charge on any atom is -0.493 e. The summed E-state index contributed by atoms with van der Waals surface area (Å²) in [5, 5.41) is 2.65. The Bertz CT molecular complexity index is 1020. The molecule has 9 nitrogen and oxygen atoms in total. The SMILES string of the molecule is COc1ccc(S(=O)(=O)NCCC(=O)Nc2ccc(C(N)=O)c(C)c2)cc1OC. The van der Waals surface area contributed by atoms with Gasteiger partial charge in [0, 0.05) is 30.3 Å². The number of methoxy groups -OCH3 is 2. The molecule has 10 heteroatoms. The third kappa shape index (κ3) is 5.69. The second-order valence-electron chi connectivity index (χ2n) is 6.11. The third-order valence-corrected chi connectivity index (χ3v) is 5.54. The van der Waals surface area contributed by atoms with Gasteiger partial charge in [0.15, 0.2) is 11.5 Å². The molecule has 0 fully saturated rings. The minimum absolute atomic E-state index is 0.00627. The quantitative estimate of drug-likeness (QED) is 0.560. The van der Waals surface area contributed by atoms with Gasteiger partial charge in [0.05, 0.1) is 19.1 Å². The smallest absolute Gasteiger partial charge is 0.248 e. The Morgan fingerprint density at radius 2 is 1.72 bits per heavy atom. The lowest BCUT2D eigenvalue weighted by atomic mass is 10.1. The first-order valence-electron chi connectivity index (χ1n) is 8.60. The van der Waals surface area contributed by atoms with Crippen molar-refractivity contribution in [1.82, 2.24) is 4.72 Å². The van der Waals surface area contributed by atoms with Crippen LogP contribution in [0.2, 0.25) is 0 Å². The Morgan fingerprint density at radius 3 is 2.31 bits per heavy atom. The lowest BCUT2D eigenvalue weighted by Gasteiger charge is -2.11. The maximum Gasteiger partial charge on any atom is 0.248 e. The first kappa shape index (κ1) is 22.2. The van der Waals surface area contributed by atoms with Crippen LogP contribution in [0, 0.1) is 6.92 Å². The number of carbonyl (C=O) groups is 2. The van der Waals surface area contributed by atoms with Gasteiger partial charge < -0.3 is 20.5 Å². The highest BCUT2D eigenvalue weighted by molar-refractivity contribution is 7.89. The molecule has 0 spiro atoms. The van der Waals surface area contributed by atoms with Crippen molar-refractivity contribution < 1.29 is 27.5 Å². The molecular weight excluding hydrogens is 398 g/mol. The molecule has 29 heavy (non-hydrogen) atoms. The number of sulfonamides is 1. The van der Waals surface area contributed by atoms with Gasteiger partial charge in [0.25, 0.3) is 0 Å². The zero-order valence-electron chi connectivity index (χ0n) is 16.3. The molecular formula is C19H23N3O6S. The van der Waals surface area contributed by atoms with Gasteiger partial charge in [-0.25, -0.2) is 13.1 Å². The summed E-state index contributed by atoms with van der Waals surface area (Å²) in [5.74, 6) is -0.248. The van der Waals surface area contributed by atoms with Crippen LogP contribution in [0.25, 0.3) is 0 Å². The number of anilines is 1. The number of rotatable bonds is 9. The number of hydrogen-bond acceptors (Lipinski definition) is 6. The Morgan fingerprint density at radius 1 is 1.03 bits per heavy atom. The normalized spacial score (nSPS) is 11.0. The predicted octanol–water partition coefficient (Wildman–Crippen LogP) is 1.42. The molecule has 0 aromatic heterocycles. The maximum atomic E-state index is 12.4. The maximum absolute atomic E-state index is 12.4. The van der Waals surface area contributed by atoms with Gasteiger partial charge in [-0.2, -0.15) is 0 Å². The van der Waals surface area contributed by atoms with E-state index in [1.54, 1.807) is 19.1 Å². The van der Waals surface area contributed by atoms with E-state index in [0.717, 1.165) is 0 Å². The topological polar surface area (TPSA) is 137 Å². The summed E-state index contributed by atoms with van der Waals surface area (Å²) >= 11 is 0. The zero-order chi connectivity index (χ0) is 21.6. The second kappa shape index (κ2) is 9.39. The van der Waals surface area contributed by atoms with Gasteiger partial charge in [-0.3, -0.25) is 9.59 Å². The van der Waals surface area contributed by atoms with Crippen LogP contribution in [-0.2, 0) is 14.8 Å². The molecule has 156 valence electrons. The van der Waals surface area contributed by atoms with Crippen molar-refractivity contribution in [1.29, 1.82) is 0 Å². The number of benzene rings is 2. The van der Waals surface area contributed by atoms with Gasteiger partial charge in [0.2, 0.25) is 21.8 Å². The number of amides is 2. The largest absolute Gasteiger partial charge is 0.493 e. The summed E-state index contributed by atoms with van der Waals surface area (Å²) in [6, 6.07) is 8.90. The van der Waals surface area contributed by atoms with E-state index in [-0.39, 0.29) is 29.5 Å². The first-order chi connectivity index (χ1) is 13.7. The van der Waals surface area contributed by atoms with E-state index < -0.39 is 15.9 Å². The summed E-state index contributed by atoms with van der Waals surface area (Å²) < 4.78 is 37.4. The lowest BCUT2D eigenvalue weighted by Crippen LogP contribution is -2.28. The van der Waals surface area contributed by atoms with E-state index in [0.29, 0.717) is 22.6 Å². The molecule has 2 rings (SSSR count). The highest BCUT2D eigenvalue weighted by atomic mass is 32.2. The van der Waals surface area contributed by atoms with Crippen molar-refractivity contribution in [3.05, 3.63) is 47.5 Å². The summed E-state index contributed by atoms with van der Waals surface area (Å²) in [6.45, 7) is 1.61. The fourth-order valence-electron chi connectivity index (χ4n) is 2.61. The summed E-state index contributed by atoms with van der Waals surface area (Å²) in [7, 11) is -0.969. The van der Waals surface area contributed by atoms with Gasteiger partial charge in [-0.1, -0.05) is 0 Å². The van der Waals surface area contributed by atoms with E-state index in [9.17, 15) is 18.0 Å². The number of hydrogen-bond donors (Lipinski definition) is 3. The molecule has 0 radical (unpaired) electrons.